The monoisotopic (exact) mass is 719 g/mol. The fourth-order valence-corrected chi connectivity index (χ4v) is 9.45. The second-order valence-corrected chi connectivity index (χ2v) is 15.2. The van der Waals surface area contributed by atoms with Gasteiger partial charge in [-0.05, 0) is 76.1 Å². The van der Waals surface area contributed by atoms with Crippen molar-refractivity contribution in [1.82, 2.24) is 24.1 Å². The lowest BCUT2D eigenvalue weighted by Gasteiger charge is -2.22. The molecule has 0 N–H and O–H groups in total. The summed E-state index contributed by atoms with van der Waals surface area (Å²) in [4.78, 5) is 18.0. The number of para-hydroxylation sites is 3. The molecule has 0 aliphatic carbocycles. The maximum absolute atomic E-state index is 5.22. The van der Waals surface area contributed by atoms with Crippen molar-refractivity contribution in [3.8, 4) is 45.5 Å². The van der Waals surface area contributed by atoms with Gasteiger partial charge in [0.2, 0.25) is 0 Å². The molecule has 3 aromatic heterocycles. The van der Waals surface area contributed by atoms with Gasteiger partial charge < -0.3 is 0 Å². The predicted molar refractivity (Wildman–Crippen MR) is 226 cm³/mol. The molecule has 0 atom stereocenters. The molecule has 55 heavy (non-hydrogen) atoms. The van der Waals surface area contributed by atoms with Crippen molar-refractivity contribution >= 4 is 66.1 Å². The summed E-state index contributed by atoms with van der Waals surface area (Å²) in [6.07, 6.45) is 0. The zero-order valence-electron chi connectivity index (χ0n) is 29.4. The van der Waals surface area contributed by atoms with Crippen LogP contribution in [0.15, 0.2) is 186 Å². The van der Waals surface area contributed by atoms with Crippen LogP contribution in [0.2, 0.25) is 0 Å². The van der Waals surface area contributed by atoms with Crippen LogP contribution in [0.4, 0.5) is 0 Å². The Balaban J connectivity index is 1.12. The Bertz CT molecular complexity index is 3260. The normalized spacial score (nSPS) is 12.3. The standard InChI is InChI=1S/C49H29N5S/c1-2-15-37(16-3-1)53-40-19-9-8-17-38(40)44-39-18-10-20-43-45(39)54(49(44)53)41-29-36(25-26-42(41)55-43)48-51-46(34-23-21-30-11-4-6-13-32(30)27-34)50-47(52-48)35-24-22-31-12-5-7-14-33(31)28-35/h1-29H. The van der Waals surface area contributed by atoms with Crippen molar-refractivity contribution in [2.75, 3.05) is 0 Å². The molecule has 4 heterocycles. The molecule has 6 heteroatoms. The minimum Gasteiger partial charge on any atom is -0.295 e. The second-order valence-electron chi connectivity index (χ2n) is 14.1. The number of rotatable bonds is 4. The van der Waals surface area contributed by atoms with E-state index in [0.717, 1.165) is 44.5 Å². The molecule has 5 nitrogen and oxygen atoms in total. The Labute approximate surface area is 320 Å². The largest absolute Gasteiger partial charge is 0.295 e. The third-order valence-electron chi connectivity index (χ3n) is 10.9. The SMILES string of the molecule is c1ccc(-n2c3ccccc3c3c4cccc5c4n(c32)-c2cc(-c3nc(-c4ccc6ccccc6c4)nc(-c4ccc6ccccc6c4)n3)ccc2S5)cc1. The lowest BCUT2D eigenvalue weighted by molar-refractivity contribution is 1.02. The lowest BCUT2D eigenvalue weighted by Crippen LogP contribution is -2.06. The first-order valence-corrected chi connectivity index (χ1v) is 19.3. The van der Waals surface area contributed by atoms with E-state index in [2.05, 4.69) is 185 Å². The van der Waals surface area contributed by atoms with Crippen molar-refractivity contribution in [2.24, 2.45) is 0 Å². The molecule has 0 fully saturated rings. The van der Waals surface area contributed by atoms with Crippen LogP contribution in [0.25, 0.3) is 99.9 Å². The second kappa shape index (κ2) is 11.7. The molecule has 0 radical (unpaired) electrons. The minimum absolute atomic E-state index is 0.635. The number of benzene rings is 8. The van der Waals surface area contributed by atoms with Gasteiger partial charge in [-0.1, -0.05) is 133 Å². The van der Waals surface area contributed by atoms with Gasteiger partial charge in [0.1, 0.15) is 5.65 Å². The summed E-state index contributed by atoms with van der Waals surface area (Å²) < 4.78 is 4.89. The summed E-state index contributed by atoms with van der Waals surface area (Å²) in [5.74, 6) is 1.92. The molecule has 1 aliphatic rings. The molecule has 0 saturated heterocycles. The molecular formula is C49H29N5S. The van der Waals surface area contributed by atoms with Crippen molar-refractivity contribution < 1.29 is 0 Å². The van der Waals surface area contributed by atoms with Gasteiger partial charge in [-0.25, -0.2) is 15.0 Å². The molecular weight excluding hydrogens is 691 g/mol. The van der Waals surface area contributed by atoms with Crippen molar-refractivity contribution in [2.45, 2.75) is 9.79 Å². The molecule has 0 bridgehead atoms. The van der Waals surface area contributed by atoms with E-state index in [0.29, 0.717) is 17.5 Å². The molecule has 11 aromatic rings. The Morgan fingerprint density at radius 1 is 0.400 bits per heavy atom. The summed E-state index contributed by atoms with van der Waals surface area (Å²) in [6, 6.07) is 62.5. The van der Waals surface area contributed by atoms with Crippen molar-refractivity contribution in [1.29, 1.82) is 0 Å². The van der Waals surface area contributed by atoms with Gasteiger partial charge in [0.25, 0.3) is 0 Å². The fraction of sp³-hybridized carbons (Fsp3) is 0. The number of fused-ring (bicyclic) bond motifs is 9. The first-order chi connectivity index (χ1) is 27.2. The van der Waals surface area contributed by atoms with Gasteiger partial charge in [0, 0.05) is 48.3 Å². The molecule has 1 aliphatic heterocycles. The maximum Gasteiger partial charge on any atom is 0.164 e. The van der Waals surface area contributed by atoms with E-state index in [1.165, 1.54) is 47.8 Å². The van der Waals surface area contributed by atoms with E-state index in [4.69, 9.17) is 15.0 Å². The van der Waals surface area contributed by atoms with Crippen LogP contribution in [0.3, 0.4) is 0 Å². The fourth-order valence-electron chi connectivity index (χ4n) is 8.38. The van der Waals surface area contributed by atoms with Crippen LogP contribution in [-0.4, -0.2) is 24.1 Å². The van der Waals surface area contributed by atoms with E-state index in [9.17, 15) is 0 Å². The van der Waals surface area contributed by atoms with Crippen LogP contribution in [0.5, 0.6) is 0 Å². The van der Waals surface area contributed by atoms with E-state index < -0.39 is 0 Å². The number of nitrogens with zero attached hydrogens (tertiary/aromatic N) is 5. The Kier molecular flexibility index (Phi) is 6.50. The Morgan fingerprint density at radius 3 is 1.65 bits per heavy atom. The highest BCUT2D eigenvalue weighted by atomic mass is 32.2. The third kappa shape index (κ3) is 4.65. The lowest BCUT2D eigenvalue weighted by atomic mass is 10.1. The summed E-state index contributed by atoms with van der Waals surface area (Å²) in [5.41, 5.74) is 8.63. The molecule has 12 rings (SSSR count). The van der Waals surface area contributed by atoms with E-state index in [-0.39, 0.29) is 0 Å². The molecule has 0 spiro atoms. The van der Waals surface area contributed by atoms with Crippen LogP contribution < -0.4 is 0 Å². The van der Waals surface area contributed by atoms with Crippen molar-refractivity contribution in [3.63, 3.8) is 0 Å². The predicted octanol–water partition coefficient (Wildman–Crippen LogP) is 12.7. The number of hydrogen-bond donors (Lipinski definition) is 0. The average Bonchev–Trinajstić information content (AvgIpc) is 3.77. The summed E-state index contributed by atoms with van der Waals surface area (Å²) in [6.45, 7) is 0. The third-order valence-corrected chi connectivity index (χ3v) is 12.0. The highest BCUT2D eigenvalue weighted by molar-refractivity contribution is 7.99. The van der Waals surface area contributed by atoms with Gasteiger partial charge in [0.05, 0.1) is 16.7 Å². The molecule has 8 aromatic carbocycles. The van der Waals surface area contributed by atoms with Crippen LogP contribution in [0, 0.1) is 0 Å². The zero-order valence-corrected chi connectivity index (χ0v) is 30.2. The quantitative estimate of drug-likeness (QED) is 0.182. The Hall–Kier alpha value is -7.02. The Morgan fingerprint density at radius 2 is 0.964 bits per heavy atom. The van der Waals surface area contributed by atoms with E-state index in [1.54, 1.807) is 0 Å². The number of aromatic nitrogens is 5. The van der Waals surface area contributed by atoms with Gasteiger partial charge in [-0.3, -0.25) is 9.13 Å². The highest BCUT2D eigenvalue weighted by Crippen LogP contribution is 2.50. The molecule has 0 saturated carbocycles. The smallest absolute Gasteiger partial charge is 0.164 e. The van der Waals surface area contributed by atoms with Crippen LogP contribution >= 0.6 is 11.8 Å². The highest BCUT2D eigenvalue weighted by Gasteiger charge is 2.28. The first-order valence-electron chi connectivity index (χ1n) is 18.4. The van der Waals surface area contributed by atoms with E-state index in [1.807, 2.05) is 11.8 Å². The minimum atomic E-state index is 0.635. The van der Waals surface area contributed by atoms with Crippen molar-refractivity contribution in [3.05, 3.63) is 176 Å². The van der Waals surface area contributed by atoms with Gasteiger partial charge in [-0.2, -0.15) is 0 Å². The van der Waals surface area contributed by atoms with E-state index >= 15 is 0 Å². The van der Waals surface area contributed by atoms with Crippen LogP contribution in [-0.2, 0) is 0 Å². The van der Waals surface area contributed by atoms with Gasteiger partial charge >= 0.3 is 0 Å². The average molecular weight is 720 g/mol. The van der Waals surface area contributed by atoms with Crippen LogP contribution in [0.1, 0.15) is 0 Å². The van der Waals surface area contributed by atoms with Gasteiger partial charge in [-0.15, -0.1) is 0 Å². The number of hydrogen-bond acceptors (Lipinski definition) is 4. The maximum atomic E-state index is 5.22. The molecule has 0 unspecified atom stereocenters. The molecule has 256 valence electrons. The summed E-state index contributed by atoms with van der Waals surface area (Å²) in [7, 11) is 0. The summed E-state index contributed by atoms with van der Waals surface area (Å²) >= 11 is 1.82. The van der Waals surface area contributed by atoms with Gasteiger partial charge in [0.15, 0.2) is 17.5 Å². The first kappa shape index (κ1) is 30.4. The molecule has 0 amide bonds. The summed E-state index contributed by atoms with van der Waals surface area (Å²) in [5, 5.41) is 8.40. The zero-order chi connectivity index (χ0) is 36.0. The topological polar surface area (TPSA) is 48.5 Å².